The van der Waals surface area contributed by atoms with Crippen LogP contribution in [0.15, 0.2) is 16.5 Å². The van der Waals surface area contributed by atoms with Crippen molar-refractivity contribution in [1.82, 2.24) is 5.32 Å². The molecule has 1 aromatic heterocycles. The van der Waals surface area contributed by atoms with Crippen molar-refractivity contribution in [3.8, 4) is 6.07 Å². The highest BCUT2D eigenvalue weighted by molar-refractivity contribution is 5.18. The molecule has 1 unspecified atom stereocenters. The number of nitrogens with one attached hydrogen (secondary N) is 1. The second kappa shape index (κ2) is 6.23. The first kappa shape index (κ1) is 11.8. The molecule has 15 heavy (non-hydrogen) atoms. The Kier molecular flexibility index (Phi) is 4.88. The zero-order valence-electron chi connectivity index (χ0n) is 9.12. The van der Waals surface area contributed by atoms with E-state index in [-0.39, 0.29) is 0 Å². The van der Waals surface area contributed by atoms with Crippen LogP contribution in [0.25, 0.3) is 0 Å². The van der Waals surface area contributed by atoms with Crippen molar-refractivity contribution in [2.75, 3.05) is 20.3 Å². The Morgan fingerprint density at radius 1 is 1.60 bits per heavy atom. The first-order valence-electron chi connectivity index (χ1n) is 4.94. The highest BCUT2D eigenvalue weighted by Gasteiger charge is 2.03. The third-order valence-corrected chi connectivity index (χ3v) is 2.02. The summed E-state index contributed by atoms with van der Waals surface area (Å²) in [5, 5.41) is 11.8. The summed E-state index contributed by atoms with van der Waals surface area (Å²) in [5.41, 5.74) is 0. The van der Waals surface area contributed by atoms with Gasteiger partial charge in [0.1, 0.15) is 11.8 Å². The Balaban J connectivity index is 2.23. The van der Waals surface area contributed by atoms with Gasteiger partial charge in [-0.15, -0.1) is 0 Å². The summed E-state index contributed by atoms with van der Waals surface area (Å²) < 4.78 is 10.2. The fraction of sp³-hybridized carbons (Fsp3) is 0.545. The lowest BCUT2D eigenvalue weighted by Gasteiger charge is -2.10. The number of nitriles is 1. The summed E-state index contributed by atoms with van der Waals surface area (Å²) >= 11 is 0. The highest BCUT2D eigenvalue weighted by atomic mass is 16.5. The molecule has 1 heterocycles. The van der Waals surface area contributed by atoms with E-state index in [1.165, 1.54) is 0 Å². The molecule has 0 bridgehead atoms. The standard InChI is InChI=1S/C11H16N2O2/c1-9(8-14-2)6-13-7-11-4-3-10(5-12)15-11/h3-4,9,13H,6-8H2,1-2H3. The molecule has 82 valence electrons. The second-order valence-electron chi connectivity index (χ2n) is 3.57. The molecular formula is C11H16N2O2. The van der Waals surface area contributed by atoms with E-state index in [4.69, 9.17) is 14.4 Å². The maximum atomic E-state index is 8.55. The SMILES string of the molecule is COCC(C)CNCc1ccc(C#N)o1. The molecule has 0 radical (unpaired) electrons. The van der Waals surface area contributed by atoms with Gasteiger partial charge < -0.3 is 14.5 Å². The minimum absolute atomic E-state index is 0.358. The van der Waals surface area contributed by atoms with E-state index in [1.54, 1.807) is 13.2 Å². The molecule has 0 aliphatic heterocycles. The monoisotopic (exact) mass is 208 g/mol. The Morgan fingerprint density at radius 2 is 2.40 bits per heavy atom. The van der Waals surface area contributed by atoms with Crippen molar-refractivity contribution in [3.05, 3.63) is 23.7 Å². The molecule has 0 aliphatic rings. The number of furan rings is 1. The normalized spacial score (nSPS) is 12.3. The van der Waals surface area contributed by atoms with Gasteiger partial charge in [0, 0.05) is 20.3 Å². The van der Waals surface area contributed by atoms with Crippen LogP contribution in [0.1, 0.15) is 18.4 Å². The zero-order chi connectivity index (χ0) is 11.1. The van der Waals surface area contributed by atoms with Crippen LogP contribution < -0.4 is 5.32 Å². The van der Waals surface area contributed by atoms with E-state index < -0.39 is 0 Å². The number of ether oxygens (including phenoxy) is 1. The summed E-state index contributed by atoms with van der Waals surface area (Å²) in [4.78, 5) is 0. The Hall–Kier alpha value is -1.31. The smallest absolute Gasteiger partial charge is 0.203 e. The van der Waals surface area contributed by atoms with Gasteiger partial charge in [0.2, 0.25) is 5.76 Å². The lowest BCUT2D eigenvalue weighted by molar-refractivity contribution is 0.158. The number of hydrogen-bond donors (Lipinski definition) is 1. The van der Waals surface area contributed by atoms with E-state index in [0.717, 1.165) is 18.9 Å². The van der Waals surface area contributed by atoms with Crippen LogP contribution in [-0.4, -0.2) is 20.3 Å². The molecule has 0 saturated carbocycles. The van der Waals surface area contributed by atoms with Crippen LogP contribution in [0.3, 0.4) is 0 Å². The average Bonchev–Trinajstić information content (AvgIpc) is 2.66. The first-order chi connectivity index (χ1) is 7.26. The molecule has 1 N–H and O–H groups in total. The van der Waals surface area contributed by atoms with Gasteiger partial charge in [-0.2, -0.15) is 5.26 Å². The minimum Gasteiger partial charge on any atom is -0.449 e. The topological polar surface area (TPSA) is 58.2 Å². The molecule has 1 atom stereocenters. The van der Waals surface area contributed by atoms with E-state index in [9.17, 15) is 0 Å². The molecule has 1 aromatic rings. The van der Waals surface area contributed by atoms with Crippen LogP contribution >= 0.6 is 0 Å². The Bertz CT molecular complexity index is 328. The third kappa shape index (κ3) is 4.15. The summed E-state index contributed by atoms with van der Waals surface area (Å²) in [5.74, 6) is 1.62. The molecule has 1 rings (SSSR count). The minimum atomic E-state index is 0.358. The van der Waals surface area contributed by atoms with E-state index >= 15 is 0 Å². The second-order valence-corrected chi connectivity index (χ2v) is 3.57. The van der Waals surface area contributed by atoms with Gasteiger partial charge in [0.25, 0.3) is 0 Å². The lowest BCUT2D eigenvalue weighted by Crippen LogP contribution is -2.23. The highest BCUT2D eigenvalue weighted by Crippen LogP contribution is 2.06. The number of rotatable bonds is 6. The summed E-state index contributed by atoms with van der Waals surface area (Å²) in [6.07, 6.45) is 0. The molecule has 0 aliphatic carbocycles. The molecule has 4 nitrogen and oxygen atoms in total. The lowest BCUT2D eigenvalue weighted by atomic mass is 10.2. The number of methoxy groups -OCH3 is 1. The van der Waals surface area contributed by atoms with Crippen LogP contribution in [-0.2, 0) is 11.3 Å². The maximum Gasteiger partial charge on any atom is 0.203 e. The van der Waals surface area contributed by atoms with Gasteiger partial charge in [0.15, 0.2) is 0 Å². The Labute approximate surface area is 89.8 Å². The molecule has 0 aromatic carbocycles. The zero-order valence-corrected chi connectivity index (χ0v) is 9.12. The van der Waals surface area contributed by atoms with Crippen molar-refractivity contribution in [3.63, 3.8) is 0 Å². The molecule has 0 amide bonds. The van der Waals surface area contributed by atoms with E-state index in [2.05, 4.69) is 12.2 Å². The van der Waals surface area contributed by atoms with Crippen LogP contribution in [0.4, 0.5) is 0 Å². The van der Waals surface area contributed by atoms with Crippen molar-refractivity contribution < 1.29 is 9.15 Å². The molecule has 0 spiro atoms. The average molecular weight is 208 g/mol. The largest absolute Gasteiger partial charge is 0.449 e. The summed E-state index contributed by atoms with van der Waals surface area (Å²) in [6, 6.07) is 5.44. The van der Waals surface area contributed by atoms with E-state index in [0.29, 0.717) is 18.2 Å². The first-order valence-corrected chi connectivity index (χ1v) is 4.94. The van der Waals surface area contributed by atoms with Crippen LogP contribution in [0.2, 0.25) is 0 Å². The van der Waals surface area contributed by atoms with Crippen LogP contribution in [0.5, 0.6) is 0 Å². The quantitative estimate of drug-likeness (QED) is 0.770. The van der Waals surface area contributed by atoms with Gasteiger partial charge in [-0.1, -0.05) is 6.92 Å². The molecule has 0 fully saturated rings. The fourth-order valence-electron chi connectivity index (χ4n) is 1.32. The van der Waals surface area contributed by atoms with Gasteiger partial charge >= 0.3 is 0 Å². The molecular weight excluding hydrogens is 192 g/mol. The number of nitrogens with zero attached hydrogens (tertiary/aromatic N) is 1. The van der Waals surface area contributed by atoms with Gasteiger partial charge in [0.05, 0.1) is 6.54 Å². The maximum absolute atomic E-state index is 8.55. The molecule has 4 heteroatoms. The fourth-order valence-corrected chi connectivity index (χ4v) is 1.32. The van der Waals surface area contributed by atoms with Gasteiger partial charge in [-0.05, 0) is 18.1 Å². The van der Waals surface area contributed by atoms with Crippen molar-refractivity contribution >= 4 is 0 Å². The molecule has 0 saturated heterocycles. The van der Waals surface area contributed by atoms with E-state index in [1.807, 2.05) is 12.1 Å². The Morgan fingerprint density at radius 3 is 3.00 bits per heavy atom. The predicted molar refractivity (Wildman–Crippen MR) is 56.2 cm³/mol. The third-order valence-electron chi connectivity index (χ3n) is 2.02. The van der Waals surface area contributed by atoms with Crippen molar-refractivity contribution in [2.24, 2.45) is 5.92 Å². The summed E-state index contributed by atoms with van der Waals surface area (Å²) in [6.45, 7) is 4.38. The van der Waals surface area contributed by atoms with Gasteiger partial charge in [-0.3, -0.25) is 0 Å². The van der Waals surface area contributed by atoms with Gasteiger partial charge in [-0.25, -0.2) is 0 Å². The summed E-state index contributed by atoms with van der Waals surface area (Å²) in [7, 11) is 1.70. The predicted octanol–water partition coefficient (Wildman–Crippen LogP) is 1.52. The van der Waals surface area contributed by atoms with Crippen molar-refractivity contribution in [1.29, 1.82) is 5.26 Å². The number of hydrogen-bond acceptors (Lipinski definition) is 4. The van der Waals surface area contributed by atoms with Crippen molar-refractivity contribution in [2.45, 2.75) is 13.5 Å². The van der Waals surface area contributed by atoms with Crippen LogP contribution in [0, 0.1) is 17.2 Å².